The number of carbonyl (C=O) groups excluding carboxylic acids is 1. The highest BCUT2D eigenvalue weighted by Crippen LogP contribution is 2.18. The Kier molecular flexibility index (Phi) is 5.40. The summed E-state index contributed by atoms with van der Waals surface area (Å²) < 4.78 is 0. The molecule has 2 unspecified atom stereocenters. The van der Waals surface area contributed by atoms with Crippen molar-refractivity contribution in [2.45, 2.75) is 70.6 Å². The Hall–Kier alpha value is -0.610. The van der Waals surface area contributed by atoms with Crippen molar-refractivity contribution >= 4 is 5.91 Å². The number of hydrogen-bond donors (Lipinski definition) is 3. The summed E-state index contributed by atoms with van der Waals surface area (Å²) in [5, 5.41) is 16.1. The molecule has 1 rings (SSSR count). The van der Waals surface area contributed by atoms with Gasteiger partial charge in [-0.05, 0) is 33.2 Å². The van der Waals surface area contributed by atoms with Crippen LogP contribution in [0.5, 0.6) is 0 Å². The molecular weight excluding hydrogens is 216 g/mol. The van der Waals surface area contributed by atoms with Crippen molar-refractivity contribution in [2.24, 2.45) is 0 Å². The molecule has 0 aromatic heterocycles. The van der Waals surface area contributed by atoms with Gasteiger partial charge in [-0.15, -0.1) is 0 Å². The van der Waals surface area contributed by atoms with Gasteiger partial charge >= 0.3 is 0 Å². The second-order valence-electron chi connectivity index (χ2n) is 5.44. The molecule has 1 aliphatic carbocycles. The lowest BCUT2D eigenvalue weighted by atomic mass is 10.0. The number of likely N-dealkylation sites (N-methyl/N-ethyl adjacent to an activating group) is 1. The zero-order chi connectivity index (χ0) is 12.9. The number of rotatable bonds is 4. The number of amides is 1. The van der Waals surface area contributed by atoms with Gasteiger partial charge in [0.1, 0.15) is 0 Å². The zero-order valence-corrected chi connectivity index (χ0v) is 11.3. The fourth-order valence-electron chi connectivity index (χ4n) is 2.33. The molecule has 17 heavy (non-hydrogen) atoms. The highest BCUT2D eigenvalue weighted by atomic mass is 16.3. The van der Waals surface area contributed by atoms with E-state index in [0.29, 0.717) is 0 Å². The summed E-state index contributed by atoms with van der Waals surface area (Å²) in [5.41, 5.74) is -0.569. The summed E-state index contributed by atoms with van der Waals surface area (Å²) in [5.74, 6) is -0.0229. The van der Waals surface area contributed by atoms with Gasteiger partial charge in [-0.3, -0.25) is 4.79 Å². The summed E-state index contributed by atoms with van der Waals surface area (Å²) in [7, 11) is 0. The summed E-state index contributed by atoms with van der Waals surface area (Å²) in [6.45, 7) is 6.48. The summed E-state index contributed by atoms with van der Waals surface area (Å²) >= 11 is 0. The third-order valence-electron chi connectivity index (χ3n) is 3.48. The average Bonchev–Trinajstić information content (AvgIpc) is 2.44. The lowest BCUT2D eigenvalue weighted by molar-refractivity contribution is -0.128. The molecule has 1 amide bonds. The van der Waals surface area contributed by atoms with Gasteiger partial charge in [-0.2, -0.15) is 0 Å². The van der Waals surface area contributed by atoms with Crippen LogP contribution in [0.1, 0.15) is 52.9 Å². The minimum Gasteiger partial charge on any atom is -0.391 e. The number of carbonyl (C=O) groups is 1. The van der Waals surface area contributed by atoms with Crippen LogP contribution in [0.2, 0.25) is 0 Å². The molecule has 100 valence electrons. The minimum absolute atomic E-state index is 0.0229. The second-order valence-corrected chi connectivity index (χ2v) is 5.44. The molecule has 4 nitrogen and oxygen atoms in total. The Morgan fingerprint density at radius 3 is 2.59 bits per heavy atom. The maximum absolute atomic E-state index is 12.1. The summed E-state index contributed by atoms with van der Waals surface area (Å²) in [4.78, 5) is 12.1. The lowest BCUT2D eigenvalue weighted by Crippen LogP contribution is -2.56. The molecular formula is C13H26N2O2. The molecule has 0 spiro atoms. The standard InChI is InChI=1S/C13H26N2O2/c1-4-14-13(2,3)12(17)15-10-8-6-5-7-9-11(10)16/h10-11,14,16H,4-9H2,1-3H3,(H,15,17). The van der Waals surface area contributed by atoms with Crippen LogP contribution < -0.4 is 10.6 Å². The van der Waals surface area contributed by atoms with Crippen LogP contribution in [0.25, 0.3) is 0 Å². The largest absolute Gasteiger partial charge is 0.391 e. The molecule has 0 aliphatic heterocycles. The molecule has 0 aromatic carbocycles. The Morgan fingerprint density at radius 2 is 1.94 bits per heavy atom. The van der Waals surface area contributed by atoms with Crippen molar-refractivity contribution in [3.8, 4) is 0 Å². The van der Waals surface area contributed by atoms with E-state index in [-0.39, 0.29) is 18.1 Å². The molecule has 0 radical (unpaired) electrons. The predicted octanol–water partition coefficient (Wildman–Crippen LogP) is 1.18. The van der Waals surface area contributed by atoms with Gasteiger partial charge in [0.15, 0.2) is 0 Å². The summed E-state index contributed by atoms with van der Waals surface area (Å²) in [6.07, 6.45) is 4.59. The van der Waals surface area contributed by atoms with Crippen molar-refractivity contribution in [3.63, 3.8) is 0 Å². The maximum Gasteiger partial charge on any atom is 0.240 e. The minimum atomic E-state index is -0.569. The van der Waals surface area contributed by atoms with E-state index in [1.165, 1.54) is 0 Å². The van der Waals surface area contributed by atoms with E-state index in [4.69, 9.17) is 0 Å². The molecule has 0 saturated heterocycles. The molecule has 4 heteroatoms. The fraction of sp³-hybridized carbons (Fsp3) is 0.923. The van der Waals surface area contributed by atoms with E-state index in [0.717, 1.165) is 38.6 Å². The van der Waals surface area contributed by atoms with E-state index >= 15 is 0 Å². The van der Waals surface area contributed by atoms with Gasteiger partial charge in [0.05, 0.1) is 17.7 Å². The van der Waals surface area contributed by atoms with Crippen molar-refractivity contribution in [1.29, 1.82) is 0 Å². The number of hydrogen-bond acceptors (Lipinski definition) is 3. The van der Waals surface area contributed by atoms with Crippen LogP contribution in [0.4, 0.5) is 0 Å². The first-order chi connectivity index (χ1) is 7.97. The Bertz CT molecular complexity index is 254. The Labute approximate surface area is 104 Å². The predicted molar refractivity (Wildman–Crippen MR) is 68.8 cm³/mol. The smallest absolute Gasteiger partial charge is 0.240 e. The average molecular weight is 242 g/mol. The molecule has 3 N–H and O–H groups in total. The zero-order valence-electron chi connectivity index (χ0n) is 11.3. The van der Waals surface area contributed by atoms with Gasteiger partial charge in [0.25, 0.3) is 0 Å². The lowest BCUT2D eigenvalue weighted by Gasteiger charge is -2.29. The number of nitrogens with one attached hydrogen (secondary N) is 2. The van der Waals surface area contributed by atoms with E-state index in [9.17, 15) is 9.90 Å². The monoisotopic (exact) mass is 242 g/mol. The normalized spacial score (nSPS) is 26.4. The van der Waals surface area contributed by atoms with Gasteiger partial charge in [0.2, 0.25) is 5.91 Å². The SMILES string of the molecule is CCNC(C)(C)C(=O)NC1CCCCCC1O. The van der Waals surface area contributed by atoms with Crippen LogP contribution in [0.15, 0.2) is 0 Å². The van der Waals surface area contributed by atoms with Crippen LogP contribution >= 0.6 is 0 Å². The first-order valence-corrected chi connectivity index (χ1v) is 6.71. The first kappa shape index (κ1) is 14.5. The van der Waals surface area contributed by atoms with Crippen LogP contribution in [-0.4, -0.2) is 35.2 Å². The second kappa shape index (κ2) is 6.36. The van der Waals surface area contributed by atoms with E-state index in [1.807, 2.05) is 20.8 Å². The number of aliphatic hydroxyl groups excluding tert-OH is 1. The quantitative estimate of drug-likeness (QED) is 0.649. The molecule has 1 fully saturated rings. The van der Waals surface area contributed by atoms with Gasteiger partial charge in [-0.25, -0.2) is 0 Å². The van der Waals surface area contributed by atoms with Gasteiger partial charge in [0, 0.05) is 0 Å². The van der Waals surface area contributed by atoms with Crippen molar-refractivity contribution < 1.29 is 9.90 Å². The van der Waals surface area contributed by atoms with Crippen molar-refractivity contribution in [1.82, 2.24) is 10.6 Å². The fourth-order valence-corrected chi connectivity index (χ4v) is 2.33. The van der Waals surface area contributed by atoms with Crippen LogP contribution in [0, 0.1) is 0 Å². The maximum atomic E-state index is 12.1. The van der Waals surface area contributed by atoms with E-state index in [2.05, 4.69) is 10.6 Å². The Balaban J connectivity index is 2.54. The third kappa shape index (κ3) is 4.28. The highest BCUT2D eigenvalue weighted by Gasteiger charge is 2.30. The first-order valence-electron chi connectivity index (χ1n) is 6.71. The molecule has 1 aliphatic rings. The van der Waals surface area contributed by atoms with Crippen molar-refractivity contribution in [2.75, 3.05) is 6.54 Å². The molecule has 0 aromatic rings. The molecule has 2 atom stereocenters. The molecule has 0 heterocycles. The van der Waals surface area contributed by atoms with Crippen LogP contribution in [-0.2, 0) is 4.79 Å². The van der Waals surface area contributed by atoms with Crippen LogP contribution in [0.3, 0.4) is 0 Å². The van der Waals surface area contributed by atoms with Crippen molar-refractivity contribution in [3.05, 3.63) is 0 Å². The van der Waals surface area contributed by atoms with E-state index < -0.39 is 5.54 Å². The number of aliphatic hydroxyl groups is 1. The molecule has 1 saturated carbocycles. The topological polar surface area (TPSA) is 61.4 Å². The van der Waals surface area contributed by atoms with E-state index in [1.54, 1.807) is 0 Å². The highest BCUT2D eigenvalue weighted by molar-refractivity contribution is 5.85. The van der Waals surface area contributed by atoms with Gasteiger partial charge in [-0.1, -0.05) is 26.2 Å². The molecule has 0 bridgehead atoms. The Morgan fingerprint density at radius 1 is 1.29 bits per heavy atom. The van der Waals surface area contributed by atoms with Gasteiger partial charge < -0.3 is 15.7 Å². The third-order valence-corrected chi connectivity index (χ3v) is 3.48. The summed E-state index contributed by atoms with van der Waals surface area (Å²) in [6, 6.07) is -0.0806.